The van der Waals surface area contributed by atoms with E-state index in [-0.39, 0.29) is 5.97 Å². The molecule has 3 heteroatoms. The molecule has 0 saturated heterocycles. The number of fused-ring (bicyclic) bond motifs is 1. The van der Waals surface area contributed by atoms with Crippen LogP contribution in [0.3, 0.4) is 0 Å². The van der Waals surface area contributed by atoms with Crippen LogP contribution in [-0.2, 0) is 16.0 Å². The van der Waals surface area contributed by atoms with Gasteiger partial charge in [-0.05, 0) is 43.2 Å². The molecule has 0 atom stereocenters. The van der Waals surface area contributed by atoms with E-state index in [4.69, 9.17) is 9.47 Å². The summed E-state index contributed by atoms with van der Waals surface area (Å²) in [7, 11) is 0. The Morgan fingerprint density at radius 3 is 3.12 bits per heavy atom. The van der Waals surface area contributed by atoms with Gasteiger partial charge in [-0.1, -0.05) is 6.07 Å². The number of hydrogen-bond donors (Lipinski definition) is 0. The van der Waals surface area contributed by atoms with Crippen molar-refractivity contribution >= 4 is 12.0 Å². The van der Waals surface area contributed by atoms with Gasteiger partial charge in [-0.3, -0.25) is 0 Å². The number of rotatable bonds is 3. The second-order valence-corrected chi connectivity index (χ2v) is 4.01. The molecular formula is C14H16O3. The third-order valence-electron chi connectivity index (χ3n) is 2.69. The van der Waals surface area contributed by atoms with Crippen LogP contribution in [0, 0.1) is 0 Å². The van der Waals surface area contributed by atoms with Crippen molar-refractivity contribution in [1.82, 2.24) is 0 Å². The van der Waals surface area contributed by atoms with E-state index in [0.717, 1.165) is 24.3 Å². The summed E-state index contributed by atoms with van der Waals surface area (Å²) in [5.74, 6) is 0.695. The highest BCUT2D eigenvalue weighted by Crippen LogP contribution is 2.26. The molecule has 90 valence electrons. The van der Waals surface area contributed by atoms with Gasteiger partial charge in [-0.2, -0.15) is 0 Å². The number of carbonyl (C=O) groups is 1. The quantitative estimate of drug-likeness (QED) is 0.593. The zero-order valence-corrected chi connectivity index (χ0v) is 10.2. The second-order valence-electron chi connectivity index (χ2n) is 4.01. The predicted molar refractivity (Wildman–Crippen MR) is 65.9 cm³/mol. The van der Waals surface area contributed by atoms with Gasteiger partial charge in [0.05, 0.1) is 13.2 Å². The Hall–Kier alpha value is -1.77. The van der Waals surface area contributed by atoms with E-state index in [0.29, 0.717) is 12.2 Å². The smallest absolute Gasteiger partial charge is 0.333 e. The van der Waals surface area contributed by atoms with Crippen LogP contribution in [0.2, 0.25) is 0 Å². The molecule has 0 fully saturated rings. The molecule has 17 heavy (non-hydrogen) atoms. The average molecular weight is 232 g/mol. The van der Waals surface area contributed by atoms with Crippen LogP contribution >= 0.6 is 0 Å². The number of benzene rings is 1. The highest BCUT2D eigenvalue weighted by atomic mass is 16.5. The summed E-state index contributed by atoms with van der Waals surface area (Å²) in [5, 5.41) is 0. The molecule has 0 aromatic heterocycles. The lowest BCUT2D eigenvalue weighted by Gasteiger charge is -2.03. The maximum Gasteiger partial charge on any atom is 0.333 e. The summed E-state index contributed by atoms with van der Waals surface area (Å²) in [6.07, 6.45) is 2.78. The van der Waals surface area contributed by atoms with Gasteiger partial charge in [0.2, 0.25) is 0 Å². The zero-order valence-electron chi connectivity index (χ0n) is 10.2. The van der Waals surface area contributed by atoms with Crippen LogP contribution in [0.15, 0.2) is 23.8 Å². The van der Waals surface area contributed by atoms with Crippen LogP contribution < -0.4 is 4.74 Å². The van der Waals surface area contributed by atoms with Crippen LogP contribution in [0.25, 0.3) is 6.08 Å². The van der Waals surface area contributed by atoms with Crippen LogP contribution in [-0.4, -0.2) is 19.2 Å². The minimum Gasteiger partial charge on any atom is -0.493 e. The van der Waals surface area contributed by atoms with E-state index in [1.54, 1.807) is 13.8 Å². The molecule has 0 bridgehead atoms. The summed E-state index contributed by atoms with van der Waals surface area (Å²) in [6, 6.07) is 5.96. The summed E-state index contributed by atoms with van der Waals surface area (Å²) in [5.41, 5.74) is 2.83. The molecule has 0 radical (unpaired) electrons. The van der Waals surface area contributed by atoms with E-state index in [1.165, 1.54) is 5.56 Å². The molecule has 3 nitrogen and oxygen atoms in total. The number of hydrogen-bond acceptors (Lipinski definition) is 3. The fourth-order valence-corrected chi connectivity index (χ4v) is 1.85. The van der Waals surface area contributed by atoms with Crippen molar-refractivity contribution in [2.24, 2.45) is 0 Å². The first-order chi connectivity index (χ1) is 8.20. The first kappa shape index (κ1) is 11.7. The minimum absolute atomic E-state index is 0.260. The van der Waals surface area contributed by atoms with Gasteiger partial charge in [0.15, 0.2) is 0 Å². The standard InChI is InChI=1S/C14H16O3/c1-3-16-14(15)10(2)8-11-4-5-13-12(9-11)6-7-17-13/h4-5,8-9H,3,6-7H2,1-2H3/b10-8+. The highest BCUT2D eigenvalue weighted by molar-refractivity contribution is 5.93. The Morgan fingerprint density at radius 1 is 1.53 bits per heavy atom. The van der Waals surface area contributed by atoms with Gasteiger partial charge >= 0.3 is 5.97 Å². The molecule has 0 spiro atoms. The first-order valence-corrected chi connectivity index (χ1v) is 5.82. The molecule has 0 N–H and O–H groups in total. The molecule has 1 heterocycles. The van der Waals surface area contributed by atoms with Crippen LogP contribution in [0.4, 0.5) is 0 Å². The summed E-state index contributed by atoms with van der Waals surface area (Å²) >= 11 is 0. The molecule has 0 aliphatic carbocycles. The van der Waals surface area contributed by atoms with Crippen molar-refractivity contribution in [1.29, 1.82) is 0 Å². The van der Waals surface area contributed by atoms with Crippen molar-refractivity contribution in [3.05, 3.63) is 34.9 Å². The average Bonchev–Trinajstić information content (AvgIpc) is 2.76. The Balaban J connectivity index is 2.18. The molecular weight excluding hydrogens is 216 g/mol. The topological polar surface area (TPSA) is 35.5 Å². The Labute approximate surface area is 101 Å². The predicted octanol–water partition coefficient (Wildman–Crippen LogP) is 2.59. The van der Waals surface area contributed by atoms with E-state index in [9.17, 15) is 4.79 Å². The minimum atomic E-state index is -0.260. The lowest BCUT2D eigenvalue weighted by molar-refractivity contribution is -0.138. The SMILES string of the molecule is CCOC(=O)/C(C)=C/c1ccc2c(c1)CCO2. The zero-order chi connectivity index (χ0) is 12.3. The lowest BCUT2D eigenvalue weighted by Crippen LogP contribution is -2.04. The van der Waals surface area contributed by atoms with Gasteiger partial charge in [-0.15, -0.1) is 0 Å². The summed E-state index contributed by atoms with van der Waals surface area (Å²) in [4.78, 5) is 11.5. The molecule has 2 rings (SSSR count). The van der Waals surface area contributed by atoms with Crippen molar-refractivity contribution < 1.29 is 14.3 Å². The van der Waals surface area contributed by atoms with E-state index in [1.807, 2.05) is 18.2 Å². The first-order valence-electron chi connectivity index (χ1n) is 5.82. The van der Waals surface area contributed by atoms with Crippen LogP contribution in [0.1, 0.15) is 25.0 Å². The number of ether oxygens (including phenoxy) is 2. The second kappa shape index (κ2) is 5.04. The van der Waals surface area contributed by atoms with Crippen LogP contribution in [0.5, 0.6) is 5.75 Å². The third kappa shape index (κ3) is 2.67. The fourth-order valence-electron chi connectivity index (χ4n) is 1.85. The Morgan fingerprint density at radius 2 is 2.35 bits per heavy atom. The normalized spacial score (nSPS) is 14.1. The third-order valence-corrected chi connectivity index (χ3v) is 2.69. The molecule has 1 aliphatic rings. The maximum absolute atomic E-state index is 11.5. The van der Waals surface area contributed by atoms with Crippen molar-refractivity contribution in [2.45, 2.75) is 20.3 Å². The maximum atomic E-state index is 11.5. The fraction of sp³-hybridized carbons (Fsp3) is 0.357. The monoisotopic (exact) mass is 232 g/mol. The summed E-state index contributed by atoms with van der Waals surface area (Å²) < 4.78 is 10.4. The van der Waals surface area contributed by atoms with E-state index >= 15 is 0 Å². The van der Waals surface area contributed by atoms with Gasteiger partial charge in [0, 0.05) is 12.0 Å². The number of carbonyl (C=O) groups excluding carboxylic acids is 1. The van der Waals surface area contributed by atoms with Crippen molar-refractivity contribution in [3.63, 3.8) is 0 Å². The molecule has 1 aromatic carbocycles. The van der Waals surface area contributed by atoms with Gasteiger partial charge in [0.1, 0.15) is 5.75 Å². The molecule has 0 unspecified atom stereocenters. The molecule has 1 aromatic rings. The van der Waals surface area contributed by atoms with E-state index in [2.05, 4.69) is 6.07 Å². The molecule has 1 aliphatic heterocycles. The van der Waals surface area contributed by atoms with E-state index < -0.39 is 0 Å². The molecule has 0 amide bonds. The van der Waals surface area contributed by atoms with Gasteiger partial charge in [-0.25, -0.2) is 4.79 Å². The highest BCUT2D eigenvalue weighted by Gasteiger charge is 2.12. The number of esters is 1. The molecule has 0 saturated carbocycles. The van der Waals surface area contributed by atoms with Crippen molar-refractivity contribution in [3.8, 4) is 5.75 Å². The summed E-state index contributed by atoms with van der Waals surface area (Å²) in [6.45, 7) is 4.72. The van der Waals surface area contributed by atoms with Gasteiger partial charge in [0.25, 0.3) is 0 Å². The van der Waals surface area contributed by atoms with Crippen molar-refractivity contribution in [2.75, 3.05) is 13.2 Å². The van der Waals surface area contributed by atoms with Gasteiger partial charge < -0.3 is 9.47 Å². The lowest BCUT2D eigenvalue weighted by atomic mass is 10.1. The Kier molecular flexibility index (Phi) is 3.47. The largest absolute Gasteiger partial charge is 0.493 e. The Bertz CT molecular complexity index is 461.